The Morgan fingerprint density at radius 2 is 1.92 bits per heavy atom. The van der Waals surface area contributed by atoms with Gasteiger partial charge in [0.25, 0.3) is 0 Å². The van der Waals surface area contributed by atoms with Crippen molar-refractivity contribution in [1.82, 2.24) is 4.90 Å². The van der Waals surface area contributed by atoms with E-state index in [0.717, 1.165) is 28.8 Å². The van der Waals surface area contributed by atoms with Gasteiger partial charge >= 0.3 is 5.97 Å². The zero-order valence-corrected chi connectivity index (χ0v) is 21.5. The molecule has 10 heteroatoms. The minimum absolute atomic E-state index is 0.0696. The lowest BCUT2D eigenvalue weighted by Gasteiger charge is -2.26. The van der Waals surface area contributed by atoms with Gasteiger partial charge in [-0.1, -0.05) is 24.3 Å². The van der Waals surface area contributed by atoms with Crippen molar-refractivity contribution in [1.29, 1.82) is 5.26 Å². The number of carbonyl (C=O) groups is 2. The van der Waals surface area contributed by atoms with Crippen molar-refractivity contribution in [2.45, 2.75) is 30.8 Å². The van der Waals surface area contributed by atoms with Crippen LogP contribution >= 0.6 is 11.3 Å². The molecule has 1 aliphatic heterocycles. The maximum atomic E-state index is 12.7. The third kappa shape index (κ3) is 5.82. The molecule has 0 fully saturated rings. The number of esters is 1. The van der Waals surface area contributed by atoms with Gasteiger partial charge in [0.2, 0.25) is 5.91 Å². The van der Waals surface area contributed by atoms with Crippen LogP contribution in [0.5, 0.6) is 0 Å². The highest BCUT2D eigenvalue weighted by atomic mass is 32.2. The van der Waals surface area contributed by atoms with E-state index < -0.39 is 9.84 Å². The van der Waals surface area contributed by atoms with Crippen molar-refractivity contribution in [2.75, 3.05) is 25.2 Å². The number of benzene rings is 2. The first-order valence-corrected chi connectivity index (χ1v) is 13.9. The van der Waals surface area contributed by atoms with Gasteiger partial charge in [0, 0.05) is 30.8 Å². The molecule has 186 valence electrons. The molecule has 0 unspecified atom stereocenters. The van der Waals surface area contributed by atoms with Crippen molar-refractivity contribution in [3.8, 4) is 6.07 Å². The Labute approximate surface area is 214 Å². The average Bonchev–Trinajstić information content (AvgIpc) is 3.19. The molecule has 3 aromatic rings. The maximum Gasteiger partial charge on any atom is 0.337 e. The number of methoxy groups -OCH3 is 1. The molecule has 1 aliphatic rings. The van der Waals surface area contributed by atoms with Crippen LogP contribution in [0.1, 0.15) is 37.5 Å². The van der Waals surface area contributed by atoms with E-state index in [1.165, 1.54) is 30.6 Å². The third-order valence-corrected chi connectivity index (χ3v) is 8.23. The molecule has 0 spiro atoms. The van der Waals surface area contributed by atoms with E-state index in [4.69, 9.17) is 4.74 Å². The van der Waals surface area contributed by atoms with E-state index in [1.54, 1.807) is 18.2 Å². The van der Waals surface area contributed by atoms with Crippen LogP contribution in [-0.4, -0.2) is 45.1 Å². The van der Waals surface area contributed by atoms with E-state index in [0.29, 0.717) is 41.2 Å². The molecule has 0 atom stereocenters. The Balaban J connectivity index is 1.44. The van der Waals surface area contributed by atoms with Crippen LogP contribution in [0.4, 0.5) is 5.00 Å². The normalized spacial score (nSPS) is 13.5. The van der Waals surface area contributed by atoms with Crippen molar-refractivity contribution in [3.05, 3.63) is 81.2 Å². The largest absolute Gasteiger partial charge is 0.465 e. The summed E-state index contributed by atoms with van der Waals surface area (Å²) in [7, 11) is -1.94. The van der Waals surface area contributed by atoms with Crippen molar-refractivity contribution in [2.24, 2.45) is 0 Å². The summed E-state index contributed by atoms with van der Waals surface area (Å²) in [6.07, 6.45) is 1.89. The maximum absolute atomic E-state index is 12.7. The molecule has 0 bridgehead atoms. The second-order valence-electron chi connectivity index (χ2n) is 8.61. The van der Waals surface area contributed by atoms with Gasteiger partial charge in [-0.15, -0.1) is 11.3 Å². The van der Waals surface area contributed by atoms with Gasteiger partial charge in [-0.3, -0.25) is 9.69 Å². The number of hydrogen-bond acceptors (Lipinski definition) is 8. The summed E-state index contributed by atoms with van der Waals surface area (Å²) in [6.45, 7) is 2.04. The summed E-state index contributed by atoms with van der Waals surface area (Å²) >= 11 is 1.41. The van der Waals surface area contributed by atoms with Crippen LogP contribution in [-0.2, 0) is 45.3 Å². The van der Waals surface area contributed by atoms with Gasteiger partial charge < -0.3 is 10.1 Å². The summed E-state index contributed by atoms with van der Waals surface area (Å²) in [5.74, 6) is -0.643. The number of ether oxygens (including phenoxy) is 1. The zero-order chi connectivity index (χ0) is 25.9. The molecule has 2 heterocycles. The fraction of sp³-hybridized carbons (Fsp3) is 0.269. The molecule has 36 heavy (non-hydrogen) atoms. The van der Waals surface area contributed by atoms with Gasteiger partial charge in [0.15, 0.2) is 9.84 Å². The number of anilines is 1. The Morgan fingerprint density at radius 1 is 1.17 bits per heavy atom. The highest BCUT2D eigenvalue weighted by Crippen LogP contribution is 2.37. The number of nitriles is 1. The fourth-order valence-corrected chi connectivity index (χ4v) is 6.07. The molecular formula is C26H25N3O5S2. The van der Waals surface area contributed by atoms with E-state index in [9.17, 15) is 23.3 Å². The Bertz CT molecular complexity index is 1450. The van der Waals surface area contributed by atoms with E-state index in [-0.39, 0.29) is 23.2 Å². The molecule has 4 rings (SSSR count). The molecule has 1 amide bonds. The molecule has 2 aromatic carbocycles. The molecule has 0 aliphatic carbocycles. The topological polar surface area (TPSA) is 117 Å². The van der Waals surface area contributed by atoms with Crippen LogP contribution in [0.15, 0.2) is 53.4 Å². The van der Waals surface area contributed by atoms with Gasteiger partial charge in [0.05, 0.1) is 29.6 Å². The SMILES string of the molecule is COC(=O)c1cccc(CN2CCc3c(sc(NC(=O)Cc4ccc(S(C)(=O)=O)cc4)c3C#N)C2)c1. The number of nitrogens with one attached hydrogen (secondary N) is 1. The Hall–Kier alpha value is -3.52. The molecule has 1 N–H and O–H groups in total. The van der Waals surface area contributed by atoms with Crippen LogP contribution < -0.4 is 5.32 Å². The number of amides is 1. The minimum atomic E-state index is -3.30. The predicted octanol–water partition coefficient (Wildman–Crippen LogP) is 3.55. The molecular weight excluding hydrogens is 498 g/mol. The molecule has 0 saturated carbocycles. The highest BCUT2D eigenvalue weighted by Gasteiger charge is 2.25. The smallest absolute Gasteiger partial charge is 0.337 e. The molecule has 0 radical (unpaired) electrons. The summed E-state index contributed by atoms with van der Waals surface area (Å²) in [5.41, 5.74) is 3.65. The molecule has 0 saturated heterocycles. The van der Waals surface area contributed by atoms with Crippen LogP contribution in [0.2, 0.25) is 0 Å². The number of fused-ring (bicyclic) bond motifs is 1. The van der Waals surface area contributed by atoms with E-state index in [1.807, 2.05) is 18.2 Å². The number of thiophene rings is 1. The van der Waals surface area contributed by atoms with Gasteiger partial charge in [0.1, 0.15) is 11.1 Å². The fourth-order valence-electron chi connectivity index (χ4n) is 4.18. The zero-order valence-electron chi connectivity index (χ0n) is 19.9. The number of carbonyl (C=O) groups excluding carboxylic acids is 2. The predicted molar refractivity (Wildman–Crippen MR) is 137 cm³/mol. The lowest BCUT2D eigenvalue weighted by atomic mass is 10.0. The van der Waals surface area contributed by atoms with Gasteiger partial charge in [-0.05, 0) is 47.4 Å². The van der Waals surface area contributed by atoms with Crippen LogP contribution in [0.3, 0.4) is 0 Å². The Kier molecular flexibility index (Phi) is 7.54. The lowest BCUT2D eigenvalue weighted by molar-refractivity contribution is -0.115. The summed E-state index contributed by atoms with van der Waals surface area (Å²) in [5, 5.41) is 13.2. The first-order chi connectivity index (χ1) is 17.2. The van der Waals surface area contributed by atoms with Gasteiger partial charge in [-0.2, -0.15) is 5.26 Å². The second kappa shape index (κ2) is 10.6. The quantitative estimate of drug-likeness (QED) is 0.471. The minimum Gasteiger partial charge on any atom is -0.465 e. The highest BCUT2D eigenvalue weighted by molar-refractivity contribution is 7.90. The van der Waals surface area contributed by atoms with Gasteiger partial charge in [-0.25, -0.2) is 13.2 Å². The number of hydrogen-bond donors (Lipinski definition) is 1. The summed E-state index contributed by atoms with van der Waals surface area (Å²) in [4.78, 5) is 28.0. The lowest BCUT2D eigenvalue weighted by Crippen LogP contribution is -2.29. The van der Waals surface area contributed by atoms with Crippen molar-refractivity contribution < 1.29 is 22.7 Å². The number of nitrogens with zero attached hydrogens (tertiary/aromatic N) is 2. The first kappa shape index (κ1) is 25.6. The third-order valence-electron chi connectivity index (χ3n) is 5.97. The first-order valence-electron chi connectivity index (χ1n) is 11.2. The number of rotatable bonds is 7. The van der Waals surface area contributed by atoms with Crippen molar-refractivity contribution >= 4 is 38.1 Å². The van der Waals surface area contributed by atoms with Crippen LogP contribution in [0.25, 0.3) is 0 Å². The van der Waals surface area contributed by atoms with E-state index in [2.05, 4.69) is 16.3 Å². The van der Waals surface area contributed by atoms with E-state index >= 15 is 0 Å². The molecule has 1 aromatic heterocycles. The average molecular weight is 524 g/mol. The monoisotopic (exact) mass is 523 g/mol. The standard InChI is InChI=1S/C26H25N3O5S2/c1-34-26(31)19-5-3-4-18(12-19)15-29-11-10-21-22(14-27)25(35-23(21)16-29)28-24(30)13-17-6-8-20(9-7-17)36(2,32)33/h3-9,12H,10-11,13,15-16H2,1-2H3,(H,28,30). The van der Waals surface area contributed by atoms with Crippen LogP contribution in [0, 0.1) is 11.3 Å². The Morgan fingerprint density at radius 3 is 2.58 bits per heavy atom. The summed E-state index contributed by atoms with van der Waals surface area (Å²) < 4.78 is 28.1. The number of sulfone groups is 1. The van der Waals surface area contributed by atoms with Crippen molar-refractivity contribution in [3.63, 3.8) is 0 Å². The second-order valence-corrected chi connectivity index (χ2v) is 11.7. The molecule has 8 nitrogen and oxygen atoms in total. The summed E-state index contributed by atoms with van der Waals surface area (Å²) in [6, 6.07) is 15.8.